The molecule has 0 amide bonds. The molecule has 0 saturated heterocycles. The average Bonchev–Trinajstić information content (AvgIpc) is 1.72. The summed E-state index contributed by atoms with van der Waals surface area (Å²) in [5, 5.41) is 14.8. The van der Waals surface area contributed by atoms with Crippen LogP contribution in [0.2, 0.25) is 0 Å². The van der Waals surface area contributed by atoms with E-state index in [4.69, 9.17) is 22.6 Å². The fourth-order valence-corrected chi connectivity index (χ4v) is 0. The molecule has 0 aliphatic carbocycles. The SMILES string of the molecule is O.O.O.O.O.O.O.O=C(O)C(=O)O.[O]=[Zr]. The van der Waals surface area contributed by atoms with E-state index in [1.54, 1.807) is 0 Å². The van der Waals surface area contributed by atoms with E-state index in [1.807, 2.05) is 0 Å². The van der Waals surface area contributed by atoms with E-state index in [1.165, 1.54) is 0 Å². The van der Waals surface area contributed by atoms with Gasteiger partial charge in [0.15, 0.2) is 0 Å². The van der Waals surface area contributed by atoms with E-state index in [9.17, 15) is 0 Å². The molecule has 100 valence electrons. The van der Waals surface area contributed by atoms with Gasteiger partial charge in [0.2, 0.25) is 0 Å². The first-order valence-corrected chi connectivity index (χ1v) is 2.31. The first kappa shape index (κ1) is 89.4. The fraction of sp³-hybridized carbons (Fsp3) is 0. The number of hydrogen-bond acceptors (Lipinski definition) is 3. The Morgan fingerprint density at radius 3 is 0.667 bits per heavy atom. The Bertz CT molecular complexity index is 89.8. The van der Waals surface area contributed by atoms with Crippen LogP contribution in [-0.4, -0.2) is 60.5 Å². The third-order valence-electron chi connectivity index (χ3n) is 0.183. The number of aliphatic carboxylic acids is 2. The van der Waals surface area contributed by atoms with Gasteiger partial charge in [-0.25, -0.2) is 9.59 Å². The predicted octanol–water partition coefficient (Wildman–Crippen LogP) is -6.74. The molecule has 0 spiro atoms. The van der Waals surface area contributed by atoms with E-state index < -0.39 is 11.9 Å². The third kappa shape index (κ3) is 154. The van der Waals surface area contributed by atoms with Crippen molar-refractivity contribution >= 4 is 11.9 Å². The number of rotatable bonds is 0. The second-order valence-corrected chi connectivity index (χ2v) is 0.610. The minimum atomic E-state index is -1.82. The summed E-state index contributed by atoms with van der Waals surface area (Å²) in [5.41, 5.74) is 0. The van der Waals surface area contributed by atoms with Gasteiger partial charge < -0.3 is 48.5 Å². The van der Waals surface area contributed by atoms with E-state index in [2.05, 4.69) is 0 Å². The van der Waals surface area contributed by atoms with Gasteiger partial charge in [-0.3, -0.25) is 0 Å². The van der Waals surface area contributed by atoms with Gasteiger partial charge in [0.1, 0.15) is 0 Å². The summed E-state index contributed by atoms with van der Waals surface area (Å²) in [6.45, 7) is 0. The molecule has 13 heteroatoms. The second kappa shape index (κ2) is 71.2. The third-order valence-corrected chi connectivity index (χ3v) is 0.183. The standard InChI is InChI=1S/C2H2O4.7H2O.O.Zr/c3-1(4)2(5)6;;;;;;;;;/h(H,3,4)(H,5,6);7*1H2;;. The molecular weight excluding hydrogens is 307 g/mol. The van der Waals surface area contributed by atoms with Crippen LogP contribution in [0.25, 0.3) is 0 Å². The Kier molecular flexibility index (Phi) is 425. The zero-order chi connectivity index (χ0) is 7.15. The molecule has 0 aromatic carbocycles. The van der Waals surface area contributed by atoms with Crippen molar-refractivity contribution in [3.63, 3.8) is 0 Å². The Labute approximate surface area is 98.0 Å². The monoisotopic (exact) mass is 322 g/mol. The quantitative estimate of drug-likeness (QED) is 0.409. The molecule has 0 saturated carbocycles. The number of carboxylic acids is 2. The maximum absolute atomic E-state index is 9.10. The van der Waals surface area contributed by atoms with Crippen molar-refractivity contribution < 1.29 is 85.7 Å². The van der Waals surface area contributed by atoms with Gasteiger partial charge >= 0.3 is 39.5 Å². The molecule has 16 N–H and O–H groups in total. The second-order valence-electron chi connectivity index (χ2n) is 0.610. The zero-order valence-electron chi connectivity index (χ0n) is 7.12. The van der Waals surface area contributed by atoms with Gasteiger partial charge in [-0.1, -0.05) is 0 Å². The molecule has 0 heterocycles. The van der Waals surface area contributed by atoms with Crippen molar-refractivity contribution in [1.29, 1.82) is 0 Å². The van der Waals surface area contributed by atoms with Gasteiger partial charge in [0.05, 0.1) is 0 Å². The van der Waals surface area contributed by atoms with Crippen molar-refractivity contribution in [2.45, 2.75) is 0 Å². The summed E-state index contributed by atoms with van der Waals surface area (Å²) in [6.07, 6.45) is 0. The minimum absolute atomic E-state index is 0. The van der Waals surface area contributed by atoms with Crippen molar-refractivity contribution in [2.75, 3.05) is 0 Å². The summed E-state index contributed by atoms with van der Waals surface area (Å²) in [6, 6.07) is 0. The topological polar surface area (TPSA) is 312 Å². The molecular formula is C2H16O12Zr. The Hall–Kier alpha value is -0.657. The van der Waals surface area contributed by atoms with Gasteiger partial charge in [-0.15, -0.1) is 0 Å². The van der Waals surface area contributed by atoms with Crippen LogP contribution in [-0.2, 0) is 37.1 Å². The van der Waals surface area contributed by atoms with E-state index >= 15 is 0 Å². The van der Waals surface area contributed by atoms with Crippen LogP contribution >= 0.6 is 0 Å². The van der Waals surface area contributed by atoms with Crippen LogP contribution in [0.4, 0.5) is 0 Å². The normalized spacial score (nSPS) is 3.13. The van der Waals surface area contributed by atoms with Crippen LogP contribution in [0, 0.1) is 0 Å². The van der Waals surface area contributed by atoms with Gasteiger partial charge in [-0.2, -0.15) is 0 Å². The molecule has 15 heavy (non-hydrogen) atoms. The van der Waals surface area contributed by atoms with Gasteiger partial charge in [0.25, 0.3) is 0 Å². The summed E-state index contributed by atoms with van der Waals surface area (Å²) < 4.78 is 8.34. The Morgan fingerprint density at radius 1 is 0.600 bits per heavy atom. The Balaban J connectivity index is -0.00000000542. The van der Waals surface area contributed by atoms with E-state index in [-0.39, 0.29) is 38.3 Å². The maximum atomic E-state index is 9.10. The summed E-state index contributed by atoms with van der Waals surface area (Å²) in [5.74, 6) is -3.65. The first-order valence-electron chi connectivity index (χ1n) is 1.31. The number of carboxylic acid groups (broad SMARTS) is 2. The predicted molar refractivity (Wildman–Crippen MR) is 41.3 cm³/mol. The number of carbonyl (C=O) groups is 2. The summed E-state index contributed by atoms with van der Waals surface area (Å²) in [7, 11) is 0. The molecule has 0 aliphatic rings. The van der Waals surface area contributed by atoms with E-state index in [0.717, 1.165) is 0 Å². The van der Waals surface area contributed by atoms with Gasteiger partial charge in [-0.05, 0) is 0 Å². The molecule has 0 unspecified atom stereocenters. The molecule has 0 aliphatic heterocycles. The fourth-order valence-electron chi connectivity index (χ4n) is 0. The average molecular weight is 323 g/mol. The van der Waals surface area contributed by atoms with Crippen LogP contribution in [0.3, 0.4) is 0 Å². The van der Waals surface area contributed by atoms with Crippen LogP contribution in [0.5, 0.6) is 0 Å². The summed E-state index contributed by atoms with van der Waals surface area (Å²) in [4.78, 5) is 18.2. The van der Waals surface area contributed by atoms with Crippen LogP contribution in [0.1, 0.15) is 0 Å². The van der Waals surface area contributed by atoms with Crippen molar-refractivity contribution in [3.05, 3.63) is 0 Å². The van der Waals surface area contributed by atoms with Crippen molar-refractivity contribution in [2.24, 2.45) is 0 Å². The number of hydrogen-bond donors (Lipinski definition) is 2. The van der Waals surface area contributed by atoms with Crippen LogP contribution < -0.4 is 0 Å². The van der Waals surface area contributed by atoms with Crippen molar-refractivity contribution in [3.8, 4) is 0 Å². The molecule has 0 bridgehead atoms. The molecule has 0 radical (unpaired) electrons. The first-order chi connectivity index (χ1) is 3.64. The zero-order valence-corrected chi connectivity index (χ0v) is 9.58. The molecule has 0 atom stereocenters. The van der Waals surface area contributed by atoms with Crippen LogP contribution in [0.15, 0.2) is 0 Å². The molecule has 0 aromatic heterocycles. The Morgan fingerprint density at radius 2 is 0.667 bits per heavy atom. The molecule has 12 nitrogen and oxygen atoms in total. The van der Waals surface area contributed by atoms with E-state index in [0.29, 0.717) is 24.7 Å². The van der Waals surface area contributed by atoms with Crippen molar-refractivity contribution in [1.82, 2.24) is 0 Å². The molecule has 0 rings (SSSR count). The molecule has 0 aromatic rings. The summed E-state index contributed by atoms with van der Waals surface area (Å²) >= 11 is 0.300. The van der Waals surface area contributed by atoms with Gasteiger partial charge in [0, 0.05) is 0 Å². The molecule has 0 fully saturated rings.